The van der Waals surface area contributed by atoms with Crippen LogP contribution in [0.4, 0.5) is 0 Å². The molecule has 0 aliphatic heterocycles. The van der Waals surface area contributed by atoms with E-state index >= 15 is 0 Å². The molecule has 4 nitrogen and oxygen atoms in total. The molecule has 1 aromatic carbocycles. The van der Waals surface area contributed by atoms with Crippen LogP contribution in [0.5, 0.6) is 0 Å². The van der Waals surface area contributed by atoms with Crippen molar-refractivity contribution in [3.8, 4) is 0 Å². The molecule has 0 amide bonds. The Morgan fingerprint density at radius 1 is 1.32 bits per heavy atom. The number of hydrogen-bond acceptors (Lipinski definition) is 4. The fraction of sp³-hybridized carbons (Fsp3) is 0.500. The summed E-state index contributed by atoms with van der Waals surface area (Å²) in [5.74, 6) is -0.297. The Morgan fingerprint density at radius 3 is 2.50 bits per heavy atom. The molecule has 0 aromatic heterocycles. The Balaban J connectivity index is 2.26. The molecule has 0 aliphatic rings. The van der Waals surface area contributed by atoms with Gasteiger partial charge in [0.05, 0.1) is 18.6 Å². The molecule has 0 spiro atoms. The minimum Gasteiger partial charge on any atom is -0.462 e. The molecule has 0 saturated heterocycles. The van der Waals surface area contributed by atoms with E-state index in [9.17, 15) is 9.90 Å². The first kappa shape index (κ1) is 18.4. The minimum absolute atomic E-state index is 0.0440. The third-order valence-electron chi connectivity index (χ3n) is 3.64. The summed E-state index contributed by atoms with van der Waals surface area (Å²) >= 11 is 0. The zero-order valence-corrected chi connectivity index (χ0v) is 13.7. The topological polar surface area (TPSA) is 55.8 Å². The van der Waals surface area contributed by atoms with Crippen LogP contribution in [0.3, 0.4) is 0 Å². The maximum Gasteiger partial charge on any atom is 0.311 e. The summed E-state index contributed by atoms with van der Waals surface area (Å²) in [5.41, 5.74) is 1.55. The van der Waals surface area contributed by atoms with Crippen LogP contribution in [0.1, 0.15) is 38.3 Å². The van der Waals surface area contributed by atoms with E-state index in [1.54, 1.807) is 6.08 Å². The van der Waals surface area contributed by atoms with Crippen LogP contribution in [0, 0.1) is 5.41 Å². The molecule has 0 radical (unpaired) electrons. The molecule has 1 aromatic rings. The minimum atomic E-state index is -0.816. The molecule has 1 rings (SSSR count). The second-order valence-corrected chi connectivity index (χ2v) is 5.95. The van der Waals surface area contributed by atoms with E-state index in [1.807, 2.05) is 45.0 Å². The smallest absolute Gasteiger partial charge is 0.311 e. The monoisotopic (exact) mass is 306 g/mol. The molecule has 0 bridgehead atoms. The lowest BCUT2D eigenvalue weighted by molar-refractivity contribution is -0.158. The summed E-state index contributed by atoms with van der Waals surface area (Å²) in [6, 6.07) is 7.81. The molecule has 1 atom stereocenters. The van der Waals surface area contributed by atoms with Crippen molar-refractivity contribution in [1.82, 2.24) is 0 Å². The van der Waals surface area contributed by atoms with Crippen molar-refractivity contribution in [3.05, 3.63) is 42.0 Å². The number of ether oxygens (including phenoxy) is 2. The highest BCUT2D eigenvalue weighted by Gasteiger charge is 2.27. The third kappa shape index (κ3) is 6.00. The zero-order valence-electron chi connectivity index (χ0n) is 13.7. The van der Waals surface area contributed by atoms with Crippen LogP contribution in [-0.4, -0.2) is 30.4 Å². The van der Waals surface area contributed by atoms with E-state index in [0.29, 0.717) is 13.0 Å². The van der Waals surface area contributed by atoms with Crippen LogP contribution in [0.25, 0.3) is 6.08 Å². The molecule has 0 saturated carbocycles. The summed E-state index contributed by atoms with van der Waals surface area (Å²) in [7, 11) is 0. The average Bonchev–Trinajstić information content (AvgIpc) is 2.53. The van der Waals surface area contributed by atoms with E-state index < -0.39 is 11.5 Å². The lowest BCUT2D eigenvalue weighted by Crippen LogP contribution is -2.30. The summed E-state index contributed by atoms with van der Waals surface area (Å²) < 4.78 is 10.5. The standard InChI is InChI=1S/C18H26O4/c1-5-14-7-9-15(10-8-14)11-21-12-16(19)13-22-17(20)18(3,4)6-2/h5,7-10,16,19H,1,6,11-13H2,2-4H3. The fourth-order valence-electron chi connectivity index (χ4n) is 1.62. The van der Waals surface area contributed by atoms with Gasteiger partial charge in [-0.1, -0.05) is 43.8 Å². The van der Waals surface area contributed by atoms with E-state index in [1.165, 1.54) is 0 Å². The Kier molecular flexibility index (Phi) is 7.28. The highest BCUT2D eigenvalue weighted by molar-refractivity contribution is 5.75. The maximum atomic E-state index is 11.8. The molecule has 22 heavy (non-hydrogen) atoms. The molecular weight excluding hydrogens is 280 g/mol. The van der Waals surface area contributed by atoms with Crippen LogP contribution >= 0.6 is 0 Å². The first-order chi connectivity index (χ1) is 10.4. The summed E-state index contributed by atoms with van der Waals surface area (Å²) in [6.07, 6.45) is 1.66. The highest BCUT2D eigenvalue weighted by Crippen LogP contribution is 2.21. The van der Waals surface area contributed by atoms with E-state index in [-0.39, 0.29) is 19.2 Å². The molecule has 0 fully saturated rings. The molecule has 1 N–H and O–H groups in total. The van der Waals surface area contributed by atoms with Gasteiger partial charge in [0, 0.05) is 0 Å². The van der Waals surface area contributed by atoms with Crippen LogP contribution in [-0.2, 0) is 20.9 Å². The van der Waals surface area contributed by atoms with Gasteiger partial charge in [0.25, 0.3) is 0 Å². The molecule has 122 valence electrons. The van der Waals surface area contributed by atoms with E-state index in [4.69, 9.17) is 9.47 Å². The Hall–Kier alpha value is -1.65. The number of benzene rings is 1. The lowest BCUT2D eigenvalue weighted by atomic mass is 9.91. The number of hydrogen-bond donors (Lipinski definition) is 1. The van der Waals surface area contributed by atoms with Crippen LogP contribution in [0.2, 0.25) is 0 Å². The Bertz CT molecular complexity index is 476. The fourth-order valence-corrected chi connectivity index (χ4v) is 1.62. The van der Waals surface area contributed by atoms with Gasteiger partial charge in [-0.3, -0.25) is 4.79 Å². The number of esters is 1. The quantitative estimate of drug-likeness (QED) is 0.712. The number of aliphatic hydroxyl groups is 1. The van der Waals surface area contributed by atoms with Gasteiger partial charge in [0.15, 0.2) is 0 Å². The SMILES string of the molecule is C=Cc1ccc(COCC(O)COC(=O)C(C)(C)CC)cc1. The molecule has 4 heteroatoms. The van der Waals surface area contributed by atoms with Crippen molar-refractivity contribution in [3.63, 3.8) is 0 Å². The molecule has 1 unspecified atom stereocenters. The predicted octanol–water partition coefficient (Wildman–Crippen LogP) is 3.19. The summed E-state index contributed by atoms with van der Waals surface area (Å²) in [4.78, 5) is 11.8. The van der Waals surface area contributed by atoms with Gasteiger partial charge >= 0.3 is 5.97 Å². The van der Waals surface area contributed by atoms with Crippen molar-refractivity contribution >= 4 is 12.0 Å². The molecular formula is C18H26O4. The predicted molar refractivity (Wildman–Crippen MR) is 87.2 cm³/mol. The number of carbonyl (C=O) groups excluding carboxylic acids is 1. The average molecular weight is 306 g/mol. The zero-order chi connectivity index (χ0) is 16.6. The first-order valence-corrected chi connectivity index (χ1v) is 7.53. The van der Waals surface area contributed by atoms with Gasteiger partial charge in [0.2, 0.25) is 0 Å². The van der Waals surface area contributed by atoms with Gasteiger partial charge in [-0.2, -0.15) is 0 Å². The van der Waals surface area contributed by atoms with Crippen molar-refractivity contribution in [2.45, 2.75) is 39.9 Å². The van der Waals surface area contributed by atoms with Gasteiger partial charge in [-0.15, -0.1) is 0 Å². The third-order valence-corrected chi connectivity index (χ3v) is 3.64. The van der Waals surface area contributed by atoms with Gasteiger partial charge in [-0.05, 0) is 31.4 Å². The van der Waals surface area contributed by atoms with Crippen molar-refractivity contribution in [2.24, 2.45) is 5.41 Å². The number of rotatable bonds is 9. The maximum absolute atomic E-state index is 11.8. The lowest BCUT2D eigenvalue weighted by Gasteiger charge is -2.21. The Labute approximate surface area is 132 Å². The van der Waals surface area contributed by atoms with Crippen molar-refractivity contribution < 1.29 is 19.4 Å². The Morgan fingerprint density at radius 2 is 1.95 bits per heavy atom. The second-order valence-electron chi connectivity index (χ2n) is 5.95. The van der Waals surface area contributed by atoms with E-state index in [0.717, 1.165) is 11.1 Å². The van der Waals surface area contributed by atoms with Gasteiger partial charge < -0.3 is 14.6 Å². The highest BCUT2D eigenvalue weighted by atomic mass is 16.5. The van der Waals surface area contributed by atoms with Crippen LogP contribution in [0.15, 0.2) is 30.8 Å². The van der Waals surface area contributed by atoms with Gasteiger partial charge in [0.1, 0.15) is 12.7 Å². The molecule has 0 heterocycles. The largest absolute Gasteiger partial charge is 0.462 e. The van der Waals surface area contributed by atoms with Gasteiger partial charge in [-0.25, -0.2) is 0 Å². The normalized spacial score (nSPS) is 12.7. The second kappa shape index (κ2) is 8.71. The molecule has 0 aliphatic carbocycles. The number of carbonyl (C=O) groups is 1. The summed E-state index contributed by atoms with van der Waals surface area (Å²) in [5, 5.41) is 9.78. The van der Waals surface area contributed by atoms with Crippen molar-refractivity contribution in [2.75, 3.05) is 13.2 Å². The van der Waals surface area contributed by atoms with Crippen molar-refractivity contribution in [1.29, 1.82) is 0 Å². The van der Waals surface area contributed by atoms with E-state index in [2.05, 4.69) is 6.58 Å². The number of aliphatic hydroxyl groups excluding tert-OH is 1. The summed E-state index contributed by atoms with van der Waals surface area (Å²) in [6.45, 7) is 9.77. The van der Waals surface area contributed by atoms with Crippen LogP contribution < -0.4 is 0 Å². The first-order valence-electron chi connectivity index (χ1n) is 7.53.